The zero-order valence-electron chi connectivity index (χ0n) is 22.7. The number of aryl methyl sites for hydroxylation is 2. The lowest BCUT2D eigenvalue weighted by Crippen LogP contribution is -2.29. The maximum absolute atomic E-state index is 13.5. The second kappa shape index (κ2) is 12.2. The van der Waals surface area contributed by atoms with E-state index in [1.54, 1.807) is 62.4 Å². The quantitative estimate of drug-likeness (QED) is 0.113. The largest absolute Gasteiger partial charge is 0.507 e. The summed E-state index contributed by atoms with van der Waals surface area (Å²) >= 11 is 0.941. The predicted molar refractivity (Wildman–Crippen MR) is 152 cm³/mol. The van der Waals surface area contributed by atoms with Crippen molar-refractivity contribution in [3.63, 3.8) is 0 Å². The van der Waals surface area contributed by atoms with Crippen LogP contribution in [0.15, 0.2) is 60.7 Å². The molecule has 0 saturated carbocycles. The van der Waals surface area contributed by atoms with E-state index in [1.165, 1.54) is 12.0 Å². The van der Waals surface area contributed by atoms with Gasteiger partial charge in [0, 0.05) is 5.56 Å². The second-order valence-electron chi connectivity index (χ2n) is 9.07. The number of aromatic nitrogens is 1. The van der Waals surface area contributed by atoms with Crippen LogP contribution in [0.4, 0.5) is 5.13 Å². The Morgan fingerprint density at radius 2 is 1.82 bits per heavy atom. The number of Topliss-reactive ketones (excluding diaryl/α,β-unsaturated/α-hetero) is 1. The summed E-state index contributed by atoms with van der Waals surface area (Å²) in [6.45, 7) is 9.91. The summed E-state index contributed by atoms with van der Waals surface area (Å²) in [6, 6.07) is 11.0. The number of ether oxygens (including phenoxy) is 3. The summed E-state index contributed by atoms with van der Waals surface area (Å²) < 4.78 is 16.1. The number of benzene rings is 2. The van der Waals surface area contributed by atoms with Crippen molar-refractivity contribution in [2.24, 2.45) is 0 Å². The van der Waals surface area contributed by atoms with Gasteiger partial charge in [0.2, 0.25) is 0 Å². The Bertz CT molecular complexity index is 1490. The monoisotopic (exact) mass is 562 g/mol. The minimum atomic E-state index is -1.01. The predicted octanol–water partition coefficient (Wildman–Crippen LogP) is 5.53. The van der Waals surface area contributed by atoms with Crippen LogP contribution in [0.3, 0.4) is 0 Å². The molecule has 40 heavy (non-hydrogen) atoms. The lowest BCUT2D eigenvalue weighted by molar-refractivity contribution is -0.132. The van der Waals surface area contributed by atoms with Crippen LogP contribution in [0.5, 0.6) is 11.5 Å². The van der Waals surface area contributed by atoms with Crippen LogP contribution in [0.1, 0.15) is 51.4 Å². The van der Waals surface area contributed by atoms with Crippen LogP contribution >= 0.6 is 11.3 Å². The molecule has 0 radical (unpaired) electrons. The molecule has 1 N–H and O–H groups in total. The van der Waals surface area contributed by atoms with Gasteiger partial charge in [0.1, 0.15) is 28.7 Å². The van der Waals surface area contributed by atoms with E-state index in [-0.39, 0.29) is 21.3 Å². The number of ketones is 1. The highest BCUT2D eigenvalue weighted by atomic mass is 32.1. The van der Waals surface area contributed by atoms with E-state index in [0.29, 0.717) is 47.1 Å². The minimum absolute atomic E-state index is 0.0949. The van der Waals surface area contributed by atoms with E-state index < -0.39 is 23.7 Å². The molecule has 1 atom stereocenters. The molecule has 1 aliphatic rings. The Morgan fingerprint density at radius 3 is 2.45 bits per heavy atom. The van der Waals surface area contributed by atoms with Crippen molar-refractivity contribution in [3.8, 4) is 11.5 Å². The van der Waals surface area contributed by atoms with Crippen LogP contribution < -0.4 is 14.4 Å². The van der Waals surface area contributed by atoms with Crippen molar-refractivity contribution in [1.82, 2.24) is 4.98 Å². The molecule has 2 aromatic carbocycles. The Hall–Kier alpha value is -4.44. The molecule has 0 spiro atoms. The number of esters is 1. The molecule has 10 heteroatoms. The zero-order chi connectivity index (χ0) is 29.0. The lowest BCUT2D eigenvalue weighted by Gasteiger charge is -2.23. The van der Waals surface area contributed by atoms with Crippen LogP contribution in [-0.2, 0) is 14.3 Å². The first-order chi connectivity index (χ1) is 19.2. The number of aliphatic hydroxyl groups is 1. The van der Waals surface area contributed by atoms with E-state index in [0.717, 1.165) is 17.8 Å². The van der Waals surface area contributed by atoms with E-state index in [1.807, 2.05) is 6.92 Å². The Morgan fingerprint density at radius 1 is 1.12 bits per heavy atom. The first kappa shape index (κ1) is 28.6. The molecule has 9 nitrogen and oxygen atoms in total. The Labute approximate surface area is 236 Å². The summed E-state index contributed by atoms with van der Waals surface area (Å²) in [5.41, 5.74) is 1.87. The highest BCUT2D eigenvalue weighted by Gasteiger charge is 2.48. The normalized spacial score (nSPS) is 16.2. The van der Waals surface area contributed by atoms with Gasteiger partial charge in [0.15, 0.2) is 5.13 Å². The number of nitrogens with zero attached hydrogens (tertiary/aromatic N) is 2. The first-order valence-electron chi connectivity index (χ1n) is 12.7. The summed E-state index contributed by atoms with van der Waals surface area (Å²) in [4.78, 5) is 45.1. The third-order valence-corrected chi connectivity index (χ3v) is 7.43. The molecular formula is C30H30N2O7S. The van der Waals surface area contributed by atoms with Gasteiger partial charge in [0.05, 0.1) is 31.0 Å². The number of carbonyl (C=O) groups excluding carboxylic acids is 3. The van der Waals surface area contributed by atoms with Crippen molar-refractivity contribution < 1.29 is 33.7 Å². The molecule has 2 heterocycles. The van der Waals surface area contributed by atoms with Crippen LogP contribution in [0.2, 0.25) is 0 Å². The fourth-order valence-electron chi connectivity index (χ4n) is 4.37. The van der Waals surface area contributed by atoms with Gasteiger partial charge in [-0.1, -0.05) is 43.0 Å². The molecule has 1 saturated heterocycles. The Kier molecular flexibility index (Phi) is 8.69. The lowest BCUT2D eigenvalue weighted by atomic mass is 9.94. The van der Waals surface area contributed by atoms with Crippen LogP contribution in [-0.4, -0.2) is 48.1 Å². The summed E-state index contributed by atoms with van der Waals surface area (Å²) in [7, 11) is 1.25. The maximum Gasteiger partial charge on any atom is 0.350 e. The highest BCUT2D eigenvalue weighted by Crippen LogP contribution is 2.44. The number of anilines is 1. The topological polar surface area (TPSA) is 115 Å². The molecule has 208 valence electrons. The number of rotatable bonds is 10. The molecule has 0 aliphatic carbocycles. The maximum atomic E-state index is 13.5. The van der Waals surface area contributed by atoms with Crippen molar-refractivity contribution >= 4 is 39.9 Å². The van der Waals surface area contributed by atoms with Gasteiger partial charge in [-0.3, -0.25) is 14.5 Å². The SMILES string of the molecule is C=CCOc1ccc(C2/C(=C(\O)c3ccc(OCCC)cc3C)C(=O)C(=O)N2c2nc(C)c(C(=O)OC)s2)cc1. The summed E-state index contributed by atoms with van der Waals surface area (Å²) in [6.07, 6.45) is 2.46. The van der Waals surface area contributed by atoms with Gasteiger partial charge in [-0.25, -0.2) is 9.78 Å². The van der Waals surface area contributed by atoms with Crippen molar-refractivity contribution in [1.29, 1.82) is 0 Å². The number of thiazole rings is 1. The molecule has 1 unspecified atom stereocenters. The van der Waals surface area contributed by atoms with Gasteiger partial charge >= 0.3 is 11.9 Å². The number of amides is 1. The first-order valence-corrected chi connectivity index (χ1v) is 13.5. The van der Waals surface area contributed by atoms with Crippen molar-refractivity contribution in [3.05, 3.63) is 88.0 Å². The number of methoxy groups -OCH3 is 1. The molecule has 1 fully saturated rings. The number of hydrogen-bond acceptors (Lipinski definition) is 9. The fourth-order valence-corrected chi connectivity index (χ4v) is 5.38. The average molecular weight is 563 g/mol. The van der Waals surface area contributed by atoms with Gasteiger partial charge in [-0.15, -0.1) is 0 Å². The number of hydrogen-bond donors (Lipinski definition) is 1. The van der Waals surface area contributed by atoms with E-state index in [9.17, 15) is 19.5 Å². The molecular weight excluding hydrogens is 532 g/mol. The van der Waals surface area contributed by atoms with Gasteiger partial charge in [0.25, 0.3) is 5.78 Å². The zero-order valence-corrected chi connectivity index (χ0v) is 23.5. The summed E-state index contributed by atoms with van der Waals surface area (Å²) in [5, 5.41) is 11.7. The van der Waals surface area contributed by atoms with Gasteiger partial charge in [-0.2, -0.15) is 0 Å². The van der Waals surface area contributed by atoms with Gasteiger partial charge < -0.3 is 19.3 Å². The fraction of sp³-hybridized carbons (Fsp3) is 0.267. The standard InChI is InChI=1S/C30H30N2O7S/c1-6-14-38-20-10-8-19(9-11-20)24-23(25(33)22-13-12-21(16-17(22)3)39-15-7-2)26(34)28(35)32(24)30-31-18(4)27(40-30)29(36)37-5/h6,8-13,16,24,33H,1,7,14-15H2,2-5H3/b25-23+. The second-order valence-corrected chi connectivity index (χ2v) is 10.0. The number of aliphatic hydroxyl groups excluding tert-OH is 1. The summed E-state index contributed by atoms with van der Waals surface area (Å²) in [5.74, 6) is -1.45. The third-order valence-electron chi connectivity index (χ3n) is 6.30. The highest BCUT2D eigenvalue weighted by molar-refractivity contribution is 7.17. The van der Waals surface area contributed by atoms with Gasteiger partial charge in [-0.05, 0) is 61.7 Å². The molecule has 1 aromatic heterocycles. The van der Waals surface area contributed by atoms with E-state index >= 15 is 0 Å². The van der Waals surface area contributed by atoms with Crippen LogP contribution in [0, 0.1) is 13.8 Å². The molecule has 1 amide bonds. The number of carbonyl (C=O) groups is 3. The molecule has 0 bridgehead atoms. The molecule has 1 aliphatic heterocycles. The smallest absolute Gasteiger partial charge is 0.350 e. The third kappa shape index (κ3) is 5.48. The van der Waals surface area contributed by atoms with Crippen molar-refractivity contribution in [2.75, 3.05) is 25.2 Å². The molecule has 4 rings (SSSR count). The van der Waals surface area contributed by atoms with E-state index in [4.69, 9.17) is 14.2 Å². The minimum Gasteiger partial charge on any atom is -0.507 e. The average Bonchev–Trinajstić information content (AvgIpc) is 3.46. The van der Waals surface area contributed by atoms with Crippen LogP contribution in [0.25, 0.3) is 5.76 Å². The van der Waals surface area contributed by atoms with Crippen molar-refractivity contribution in [2.45, 2.75) is 33.2 Å². The Balaban J connectivity index is 1.87. The van der Waals surface area contributed by atoms with E-state index in [2.05, 4.69) is 11.6 Å². The molecule has 3 aromatic rings.